The topological polar surface area (TPSA) is 55.8 Å². The summed E-state index contributed by atoms with van der Waals surface area (Å²) in [5.74, 6) is -0.295. The highest BCUT2D eigenvalue weighted by Gasteiger charge is 2.33. The number of hydrogen-bond acceptors (Lipinski definition) is 4. The highest BCUT2D eigenvalue weighted by molar-refractivity contribution is 5.91. The van der Waals surface area contributed by atoms with E-state index in [9.17, 15) is 9.59 Å². The van der Waals surface area contributed by atoms with E-state index in [0.29, 0.717) is 24.9 Å². The number of hydrogen-bond donors (Lipinski definition) is 0. The van der Waals surface area contributed by atoms with E-state index in [1.807, 2.05) is 52.8 Å². The van der Waals surface area contributed by atoms with Gasteiger partial charge in [-0.2, -0.15) is 0 Å². The van der Waals surface area contributed by atoms with Gasteiger partial charge in [-0.05, 0) is 46.2 Å². The summed E-state index contributed by atoms with van der Waals surface area (Å²) in [6.07, 6.45) is 0.766. The van der Waals surface area contributed by atoms with Crippen LogP contribution in [0.25, 0.3) is 0 Å². The Bertz CT molecular complexity index is 606. The minimum absolute atomic E-state index is 0.0247. The van der Waals surface area contributed by atoms with Crippen LogP contribution in [0.2, 0.25) is 0 Å². The number of nitrogens with zero attached hydrogens (tertiary/aromatic N) is 1. The van der Waals surface area contributed by atoms with Crippen LogP contribution in [0, 0.1) is 6.92 Å². The quantitative estimate of drug-likeness (QED) is 0.769. The molecule has 0 bridgehead atoms. The third-order valence-corrected chi connectivity index (χ3v) is 4.09. The van der Waals surface area contributed by atoms with E-state index in [-0.39, 0.29) is 24.2 Å². The third-order valence-electron chi connectivity index (χ3n) is 4.09. The first-order valence-corrected chi connectivity index (χ1v) is 8.43. The Morgan fingerprint density at radius 2 is 1.88 bits per heavy atom. The number of amides is 1. The SMILES string of the molecule is Cc1ccccc1C(=O)OC1CCN(C(=O)OC(C)(C)C)C(C)C1. The number of ether oxygens (including phenoxy) is 2. The van der Waals surface area contributed by atoms with Gasteiger partial charge >= 0.3 is 12.1 Å². The lowest BCUT2D eigenvalue weighted by molar-refractivity contribution is -0.0168. The third kappa shape index (κ3) is 4.73. The Balaban J connectivity index is 1.92. The minimum atomic E-state index is -0.509. The maximum Gasteiger partial charge on any atom is 0.410 e. The smallest absolute Gasteiger partial charge is 0.410 e. The van der Waals surface area contributed by atoms with Gasteiger partial charge in [-0.25, -0.2) is 9.59 Å². The van der Waals surface area contributed by atoms with Crippen molar-refractivity contribution in [3.63, 3.8) is 0 Å². The first-order valence-electron chi connectivity index (χ1n) is 8.43. The van der Waals surface area contributed by atoms with Crippen molar-refractivity contribution < 1.29 is 19.1 Å². The Hall–Kier alpha value is -2.04. The van der Waals surface area contributed by atoms with E-state index in [4.69, 9.17) is 9.47 Å². The summed E-state index contributed by atoms with van der Waals surface area (Å²) in [5.41, 5.74) is 0.992. The molecule has 2 atom stereocenters. The van der Waals surface area contributed by atoms with Gasteiger partial charge in [0.2, 0.25) is 0 Å². The Labute approximate surface area is 143 Å². The monoisotopic (exact) mass is 333 g/mol. The van der Waals surface area contributed by atoms with Gasteiger partial charge in [-0.1, -0.05) is 18.2 Å². The second kappa shape index (κ2) is 7.24. The lowest BCUT2D eigenvalue weighted by Crippen LogP contribution is -2.48. The summed E-state index contributed by atoms with van der Waals surface area (Å²) in [4.78, 5) is 26.2. The first-order chi connectivity index (χ1) is 11.2. The van der Waals surface area contributed by atoms with Gasteiger partial charge in [0.1, 0.15) is 11.7 Å². The summed E-state index contributed by atoms with van der Waals surface area (Å²) in [6.45, 7) is 9.94. The van der Waals surface area contributed by atoms with Crippen LogP contribution in [0.3, 0.4) is 0 Å². The van der Waals surface area contributed by atoms with Crippen molar-refractivity contribution >= 4 is 12.1 Å². The highest BCUT2D eigenvalue weighted by atomic mass is 16.6. The summed E-state index contributed by atoms with van der Waals surface area (Å²) >= 11 is 0. The Kier molecular flexibility index (Phi) is 5.52. The standard InChI is InChI=1S/C19H27NO4/c1-13-8-6-7-9-16(13)17(21)23-15-10-11-20(14(2)12-15)18(22)24-19(3,4)5/h6-9,14-15H,10-12H2,1-5H3. The molecule has 1 aliphatic rings. The second-order valence-electron chi connectivity index (χ2n) is 7.39. The van der Waals surface area contributed by atoms with Crippen molar-refractivity contribution in [3.05, 3.63) is 35.4 Å². The fraction of sp³-hybridized carbons (Fsp3) is 0.579. The molecule has 5 heteroatoms. The predicted molar refractivity (Wildman–Crippen MR) is 92.0 cm³/mol. The van der Waals surface area contributed by atoms with Gasteiger partial charge < -0.3 is 14.4 Å². The number of carbonyl (C=O) groups is 2. The van der Waals surface area contributed by atoms with E-state index in [0.717, 1.165) is 5.56 Å². The summed E-state index contributed by atoms with van der Waals surface area (Å²) in [7, 11) is 0. The molecule has 0 aliphatic carbocycles. The zero-order chi connectivity index (χ0) is 17.9. The largest absolute Gasteiger partial charge is 0.459 e. The summed E-state index contributed by atoms with van der Waals surface area (Å²) in [5, 5.41) is 0. The molecule has 1 aromatic carbocycles. The molecule has 0 spiro atoms. The summed E-state index contributed by atoms with van der Waals surface area (Å²) in [6, 6.07) is 7.37. The average molecular weight is 333 g/mol. The molecule has 0 aromatic heterocycles. The average Bonchev–Trinajstić information content (AvgIpc) is 2.45. The first kappa shape index (κ1) is 18.3. The van der Waals surface area contributed by atoms with Crippen molar-refractivity contribution in [2.75, 3.05) is 6.54 Å². The fourth-order valence-corrected chi connectivity index (χ4v) is 2.84. The molecule has 2 unspecified atom stereocenters. The maximum atomic E-state index is 12.3. The van der Waals surface area contributed by atoms with Crippen LogP contribution in [0.4, 0.5) is 4.79 Å². The zero-order valence-electron chi connectivity index (χ0n) is 15.2. The van der Waals surface area contributed by atoms with Crippen LogP contribution in [0.1, 0.15) is 56.5 Å². The Morgan fingerprint density at radius 1 is 1.21 bits per heavy atom. The lowest BCUT2D eigenvalue weighted by Gasteiger charge is -2.38. The minimum Gasteiger partial charge on any atom is -0.459 e. The molecule has 132 valence electrons. The van der Waals surface area contributed by atoms with E-state index in [2.05, 4.69) is 0 Å². The van der Waals surface area contributed by atoms with Gasteiger partial charge in [-0.3, -0.25) is 0 Å². The van der Waals surface area contributed by atoms with Crippen LogP contribution in [0.5, 0.6) is 0 Å². The van der Waals surface area contributed by atoms with Crippen molar-refractivity contribution in [2.24, 2.45) is 0 Å². The number of carbonyl (C=O) groups excluding carboxylic acids is 2. The second-order valence-corrected chi connectivity index (χ2v) is 7.39. The normalized spacial score (nSPS) is 21.3. The molecule has 1 aliphatic heterocycles. The van der Waals surface area contributed by atoms with Crippen molar-refractivity contribution in [1.82, 2.24) is 4.90 Å². The van der Waals surface area contributed by atoms with Crippen molar-refractivity contribution in [3.8, 4) is 0 Å². The molecule has 1 saturated heterocycles. The molecular weight excluding hydrogens is 306 g/mol. The molecule has 1 amide bonds. The predicted octanol–water partition coefficient (Wildman–Crippen LogP) is 3.94. The van der Waals surface area contributed by atoms with Gasteiger partial charge in [0.05, 0.1) is 5.56 Å². The van der Waals surface area contributed by atoms with Crippen LogP contribution in [0.15, 0.2) is 24.3 Å². The number of piperidine rings is 1. The molecule has 2 rings (SSSR count). The molecule has 24 heavy (non-hydrogen) atoms. The van der Waals surface area contributed by atoms with Gasteiger partial charge in [0, 0.05) is 25.4 Å². The van der Waals surface area contributed by atoms with Crippen LogP contribution in [-0.2, 0) is 9.47 Å². The maximum absolute atomic E-state index is 12.3. The van der Waals surface area contributed by atoms with Gasteiger partial charge in [-0.15, -0.1) is 0 Å². The Morgan fingerprint density at radius 3 is 2.46 bits per heavy atom. The van der Waals surface area contributed by atoms with E-state index in [1.54, 1.807) is 11.0 Å². The molecule has 0 saturated carbocycles. The molecule has 0 N–H and O–H groups in total. The lowest BCUT2D eigenvalue weighted by atomic mass is 10.0. The molecule has 5 nitrogen and oxygen atoms in total. The summed E-state index contributed by atoms with van der Waals surface area (Å²) < 4.78 is 11.1. The fourth-order valence-electron chi connectivity index (χ4n) is 2.84. The van der Waals surface area contributed by atoms with E-state index < -0.39 is 5.60 Å². The van der Waals surface area contributed by atoms with Gasteiger partial charge in [0.15, 0.2) is 0 Å². The molecular formula is C19H27NO4. The number of aryl methyl sites for hydroxylation is 1. The molecule has 1 heterocycles. The van der Waals surface area contributed by atoms with Crippen molar-refractivity contribution in [1.29, 1.82) is 0 Å². The van der Waals surface area contributed by atoms with E-state index in [1.165, 1.54) is 0 Å². The van der Waals surface area contributed by atoms with Crippen LogP contribution in [-0.4, -0.2) is 41.3 Å². The highest BCUT2D eigenvalue weighted by Crippen LogP contribution is 2.23. The van der Waals surface area contributed by atoms with Crippen LogP contribution >= 0.6 is 0 Å². The zero-order valence-corrected chi connectivity index (χ0v) is 15.2. The van der Waals surface area contributed by atoms with Crippen molar-refractivity contribution in [2.45, 2.75) is 65.2 Å². The number of esters is 1. The number of rotatable bonds is 2. The molecule has 1 fully saturated rings. The molecule has 0 radical (unpaired) electrons. The molecule has 1 aromatic rings. The number of likely N-dealkylation sites (tertiary alicyclic amines) is 1. The van der Waals surface area contributed by atoms with Crippen LogP contribution < -0.4 is 0 Å². The number of benzene rings is 1. The van der Waals surface area contributed by atoms with Gasteiger partial charge in [0.25, 0.3) is 0 Å². The van der Waals surface area contributed by atoms with E-state index >= 15 is 0 Å².